The van der Waals surface area contributed by atoms with Crippen LogP contribution in [0.1, 0.15) is 22.2 Å². The number of hydrogen-bond acceptors (Lipinski definition) is 2. The third-order valence-corrected chi connectivity index (χ3v) is 9.57. The van der Waals surface area contributed by atoms with Gasteiger partial charge in [0.15, 0.2) is 0 Å². The van der Waals surface area contributed by atoms with Gasteiger partial charge in [-0.15, -0.1) is 0 Å². The molecule has 158 valence electrons. The number of hydrogen-bond donors (Lipinski definition) is 0. The zero-order valence-corrected chi connectivity index (χ0v) is 19.6. The van der Waals surface area contributed by atoms with Crippen LogP contribution < -0.4 is 4.74 Å². The molecule has 0 fully saturated rings. The maximum Gasteiger partial charge on any atom is 0.130 e. The molecule has 0 N–H and O–H groups in total. The second-order valence-electron chi connectivity index (χ2n) is 8.72. The standard InChI is InChI=1S/C28H30O2Si/c1-5-18-30-28-22(14-11-17-23(28)21-12-7-6-8-13-21)20-31(3,4)27-19-26(29-2)24-15-9-10-16-25(24)27/h5-17,19,27H,1,18,20H2,2-4H3. The zero-order valence-electron chi connectivity index (χ0n) is 18.6. The summed E-state index contributed by atoms with van der Waals surface area (Å²) < 4.78 is 12.0. The van der Waals surface area contributed by atoms with Crippen LogP contribution in [-0.2, 0) is 10.8 Å². The van der Waals surface area contributed by atoms with E-state index in [0.29, 0.717) is 12.1 Å². The average molecular weight is 427 g/mol. The molecule has 2 nitrogen and oxygen atoms in total. The summed E-state index contributed by atoms with van der Waals surface area (Å²) in [6.45, 7) is 9.29. The summed E-state index contributed by atoms with van der Waals surface area (Å²) in [5.41, 5.74) is 6.63. The van der Waals surface area contributed by atoms with Gasteiger partial charge >= 0.3 is 0 Å². The Morgan fingerprint density at radius 2 is 1.61 bits per heavy atom. The number of fused-ring (bicyclic) bond motifs is 1. The summed E-state index contributed by atoms with van der Waals surface area (Å²) in [4.78, 5) is 0. The molecule has 0 bridgehead atoms. The van der Waals surface area contributed by atoms with Gasteiger partial charge in [0.25, 0.3) is 0 Å². The molecular weight excluding hydrogens is 396 g/mol. The van der Waals surface area contributed by atoms with Gasteiger partial charge in [-0.2, -0.15) is 0 Å². The van der Waals surface area contributed by atoms with Crippen molar-refractivity contribution in [2.75, 3.05) is 13.7 Å². The third kappa shape index (κ3) is 4.24. The van der Waals surface area contributed by atoms with Crippen LogP contribution in [0, 0.1) is 0 Å². The molecule has 1 aliphatic rings. The van der Waals surface area contributed by atoms with Crippen LogP contribution in [0.2, 0.25) is 13.1 Å². The van der Waals surface area contributed by atoms with E-state index >= 15 is 0 Å². The number of para-hydroxylation sites is 1. The molecule has 0 aliphatic heterocycles. The first kappa shape index (κ1) is 21.2. The SMILES string of the molecule is C=CCOc1c(C[Si](C)(C)C2C=C(OC)c3ccccc32)cccc1-c1ccccc1. The number of rotatable bonds is 8. The van der Waals surface area contributed by atoms with Gasteiger partial charge in [0.05, 0.1) is 15.2 Å². The molecule has 0 aromatic heterocycles. The van der Waals surface area contributed by atoms with E-state index in [2.05, 4.69) is 92.5 Å². The largest absolute Gasteiger partial charge is 0.496 e. The highest BCUT2D eigenvalue weighted by Crippen LogP contribution is 2.44. The van der Waals surface area contributed by atoms with Crippen molar-refractivity contribution in [2.24, 2.45) is 0 Å². The van der Waals surface area contributed by atoms with Crippen LogP contribution in [0.5, 0.6) is 5.75 Å². The molecule has 3 aromatic carbocycles. The molecular formula is C28H30O2Si. The Hall–Kier alpha value is -3.04. The summed E-state index contributed by atoms with van der Waals surface area (Å²) in [6.07, 6.45) is 4.15. The first-order valence-electron chi connectivity index (χ1n) is 10.8. The highest BCUT2D eigenvalue weighted by atomic mass is 28.3. The fourth-order valence-electron chi connectivity index (χ4n) is 4.63. The van der Waals surface area contributed by atoms with Gasteiger partial charge in [-0.3, -0.25) is 0 Å². The Kier molecular flexibility index (Phi) is 6.15. The normalized spacial score (nSPS) is 15.2. The molecule has 0 saturated heterocycles. The monoisotopic (exact) mass is 426 g/mol. The van der Waals surface area contributed by atoms with Crippen molar-refractivity contribution in [3.8, 4) is 16.9 Å². The highest BCUT2D eigenvalue weighted by Gasteiger charge is 2.38. The molecule has 0 radical (unpaired) electrons. The van der Waals surface area contributed by atoms with E-state index in [1.807, 2.05) is 12.1 Å². The predicted octanol–water partition coefficient (Wildman–Crippen LogP) is 7.03. The smallest absolute Gasteiger partial charge is 0.130 e. The quantitative estimate of drug-likeness (QED) is 0.284. The topological polar surface area (TPSA) is 18.5 Å². The number of benzene rings is 3. The molecule has 1 aliphatic carbocycles. The molecule has 1 unspecified atom stereocenters. The summed E-state index contributed by atoms with van der Waals surface area (Å²) >= 11 is 0. The van der Waals surface area contributed by atoms with E-state index in [1.54, 1.807) is 7.11 Å². The van der Waals surface area contributed by atoms with Gasteiger partial charge in [0, 0.05) is 16.7 Å². The second kappa shape index (κ2) is 8.99. The van der Waals surface area contributed by atoms with Crippen molar-refractivity contribution >= 4 is 13.8 Å². The third-order valence-electron chi connectivity index (χ3n) is 6.11. The lowest BCUT2D eigenvalue weighted by atomic mass is 10.0. The van der Waals surface area contributed by atoms with Crippen molar-refractivity contribution < 1.29 is 9.47 Å². The Balaban J connectivity index is 1.73. The summed E-state index contributed by atoms with van der Waals surface area (Å²) in [5, 5.41) is 0. The van der Waals surface area contributed by atoms with E-state index in [9.17, 15) is 0 Å². The highest BCUT2D eigenvalue weighted by molar-refractivity contribution is 6.79. The number of ether oxygens (including phenoxy) is 2. The Bertz CT molecular complexity index is 1100. The van der Waals surface area contributed by atoms with Crippen LogP contribution >= 0.6 is 0 Å². The fourth-order valence-corrected chi connectivity index (χ4v) is 7.81. The van der Waals surface area contributed by atoms with E-state index < -0.39 is 8.07 Å². The molecule has 0 spiro atoms. The van der Waals surface area contributed by atoms with E-state index in [1.165, 1.54) is 22.3 Å². The Morgan fingerprint density at radius 1 is 0.903 bits per heavy atom. The van der Waals surface area contributed by atoms with E-state index in [-0.39, 0.29) is 0 Å². The zero-order chi connectivity index (χ0) is 21.8. The second-order valence-corrected chi connectivity index (χ2v) is 13.7. The van der Waals surface area contributed by atoms with Crippen LogP contribution in [0.3, 0.4) is 0 Å². The lowest BCUT2D eigenvalue weighted by Gasteiger charge is -2.30. The molecule has 3 aromatic rings. The lowest BCUT2D eigenvalue weighted by Crippen LogP contribution is -2.36. The van der Waals surface area contributed by atoms with Gasteiger partial charge in [0.1, 0.15) is 18.1 Å². The lowest BCUT2D eigenvalue weighted by molar-refractivity contribution is 0.361. The minimum Gasteiger partial charge on any atom is -0.496 e. The summed E-state index contributed by atoms with van der Waals surface area (Å²) in [6, 6.07) is 26.7. The molecule has 0 saturated carbocycles. The van der Waals surface area contributed by atoms with Gasteiger partial charge in [-0.25, -0.2) is 0 Å². The molecule has 1 atom stereocenters. The van der Waals surface area contributed by atoms with Gasteiger partial charge in [-0.05, 0) is 28.8 Å². The minimum atomic E-state index is -1.78. The van der Waals surface area contributed by atoms with Crippen molar-refractivity contribution in [1.29, 1.82) is 0 Å². The van der Waals surface area contributed by atoms with Crippen molar-refractivity contribution in [2.45, 2.75) is 24.7 Å². The summed E-state index contributed by atoms with van der Waals surface area (Å²) in [7, 11) is -0.00913. The first-order chi connectivity index (χ1) is 15.0. The van der Waals surface area contributed by atoms with E-state index in [0.717, 1.165) is 23.1 Å². The molecule has 3 heteroatoms. The maximum atomic E-state index is 6.26. The molecule has 4 rings (SSSR count). The maximum absolute atomic E-state index is 6.26. The van der Waals surface area contributed by atoms with Crippen LogP contribution in [0.25, 0.3) is 16.9 Å². The Morgan fingerprint density at radius 3 is 2.35 bits per heavy atom. The number of methoxy groups -OCH3 is 1. The van der Waals surface area contributed by atoms with Crippen LogP contribution in [0.4, 0.5) is 0 Å². The van der Waals surface area contributed by atoms with Crippen LogP contribution in [-0.4, -0.2) is 21.8 Å². The van der Waals surface area contributed by atoms with Gasteiger partial charge in [-0.1, -0.05) is 98.5 Å². The molecule has 31 heavy (non-hydrogen) atoms. The predicted molar refractivity (Wildman–Crippen MR) is 133 cm³/mol. The first-order valence-corrected chi connectivity index (χ1v) is 14.1. The van der Waals surface area contributed by atoms with Crippen molar-refractivity contribution in [1.82, 2.24) is 0 Å². The van der Waals surface area contributed by atoms with Gasteiger partial charge in [0.2, 0.25) is 0 Å². The van der Waals surface area contributed by atoms with Crippen molar-refractivity contribution in [3.05, 3.63) is 108 Å². The fraction of sp³-hybridized carbons (Fsp3) is 0.214. The average Bonchev–Trinajstić information content (AvgIpc) is 3.18. The molecule has 0 amide bonds. The van der Waals surface area contributed by atoms with Gasteiger partial charge < -0.3 is 9.47 Å². The van der Waals surface area contributed by atoms with E-state index in [4.69, 9.17) is 9.47 Å². The molecule has 0 heterocycles. The minimum absolute atomic E-state index is 0.409. The summed E-state index contributed by atoms with van der Waals surface area (Å²) in [5.74, 6) is 1.98. The van der Waals surface area contributed by atoms with Crippen molar-refractivity contribution in [3.63, 3.8) is 0 Å². The Labute approximate surface area is 186 Å². The number of allylic oxidation sites excluding steroid dienone is 1. The van der Waals surface area contributed by atoms with Crippen LogP contribution in [0.15, 0.2) is 91.5 Å².